The van der Waals surface area contributed by atoms with Crippen molar-refractivity contribution in [2.75, 3.05) is 37.4 Å². The zero-order valence-corrected chi connectivity index (χ0v) is 19.1. The van der Waals surface area contributed by atoms with Gasteiger partial charge in [0.1, 0.15) is 11.6 Å². The fourth-order valence-electron chi connectivity index (χ4n) is 4.66. The Kier molecular flexibility index (Phi) is 7.30. The number of ether oxygens (including phenoxy) is 1. The summed E-state index contributed by atoms with van der Waals surface area (Å²) >= 11 is 0. The van der Waals surface area contributed by atoms with Gasteiger partial charge in [-0.05, 0) is 88.7 Å². The number of likely N-dealkylation sites (N-methyl/N-ethyl adjacent to an activating group) is 1. The Morgan fingerprint density at radius 1 is 1.03 bits per heavy atom. The fraction of sp³-hybridized carbons (Fsp3) is 0.500. The molecule has 0 aromatic heterocycles. The molecule has 172 valence electrons. The molecule has 2 fully saturated rings. The minimum Gasteiger partial charge on any atom is -0.490 e. The van der Waals surface area contributed by atoms with Crippen LogP contribution in [0.4, 0.5) is 15.8 Å². The second-order valence-electron chi connectivity index (χ2n) is 9.23. The summed E-state index contributed by atoms with van der Waals surface area (Å²) in [7, 11) is 4.11. The normalized spacial score (nSPS) is 19.8. The van der Waals surface area contributed by atoms with Crippen LogP contribution in [0.1, 0.15) is 55.3 Å². The molecular weight excluding hydrogens is 405 g/mol. The number of benzene rings is 2. The molecule has 6 heteroatoms. The van der Waals surface area contributed by atoms with Gasteiger partial charge >= 0.3 is 0 Å². The lowest BCUT2D eigenvalue weighted by atomic mass is 10.1. The van der Waals surface area contributed by atoms with Gasteiger partial charge in [0.15, 0.2) is 0 Å². The molecule has 1 amide bonds. The Bertz CT molecular complexity index is 908. The van der Waals surface area contributed by atoms with Crippen molar-refractivity contribution in [3.8, 4) is 5.75 Å². The summed E-state index contributed by atoms with van der Waals surface area (Å²) in [6.07, 6.45) is 8.48. The van der Waals surface area contributed by atoms with Crippen molar-refractivity contribution in [1.29, 1.82) is 0 Å². The Morgan fingerprint density at radius 2 is 1.75 bits per heavy atom. The molecule has 5 nitrogen and oxygen atoms in total. The second kappa shape index (κ2) is 10.3. The van der Waals surface area contributed by atoms with Gasteiger partial charge in [-0.2, -0.15) is 0 Å². The lowest BCUT2D eigenvalue weighted by Crippen LogP contribution is -2.31. The zero-order valence-electron chi connectivity index (χ0n) is 19.1. The number of halogens is 1. The number of nitrogens with zero attached hydrogens (tertiary/aromatic N) is 2. The van der Waals surface area contributed by atoms with Crippen LogP contribution < -0.4 is 15.0 Å². The van der Waals surface area contributed by atoms with Crippen LogP contribution in [0.25, 0.3) is 0 Å². The van der Waals surface area contributed by atoms with E-state index in [2.05, 4.69) is 29.2 Å². The van der Waals surface area contributed by atoms with E-state index in [0.29, 0.717) is 23.0 Å². The van der Waals surface area contributed by atoms with Gasteiger partial charge in [0, 0.05) is 30.4 Å². The first-order valence-corrected chi connectivity index (χ1v) is 11.8. The molecule has 0 spiro atoms. The first-order valence-electron chi connectivity index (χ1n) is 11.8. The van der Waals surface area contributed by atoms with Crippen LogP contribution in [-0.2, 0) is 0 Å². The van der Waals surface area contributed by atoms with Crippen LogP contribution in [0.15, 0.2) is 42.5 Å². The van der Waals surface area contributed by atoms with Crippen molar-refractivity contribution in [3.63, 3.8) is 0 Å². The summed E-state index contributed by atoms with van der Waals surface area (Å²) in [5.74, 6) is 0.229. The van der Waals surface area contributed by atoms with Crippen molar-refractivity contribution < 1.29 is 13.9 Å². The van der Waals surface area contributed by atoms with E-state index in [1.165, 1.54) is 31.7 Å². The third-order valence-electron chi connectivity index (χ3n) is 6.66. The summed E-state index contributed by atoms with van der Waals surface area (Å²) < 4.78 is 20.9. The molecular formula is C26H34FN3O2. The van der Waals surface area contributed by atoms with E-state index in [1.54, 1.807) is 24.3 Å². The number of anilines is 2. The van der Waals surface area contributed by atoms with Crippen LogP contribution in [0.2, 0.25) is 0 Å². The first-order chi connectivity index (χ1) is 15.5. The molecule has 1 atom stereocenters. The number of carbonyl (C=O) groups excluding carboxylic acids is 1. The molecule has 1 saturated carbocycles. The Morgan fingerprint density at radius 3 is 2.38 bits per heavy atom. The van der Waals surface area contributed by atoms with Crippen molar-refractivity contribution in [1.82, 2.24) is 4.90 Å². The first kappa shape index (κ1) is 22.6. The number of nitrogens with one attached hydrogen (secondary N) is 1. The number of rotatable bonds is 6. The molecule has 1 saturated heterocycles. The molecule has 0 radical (unpaired) electrons. The maximum absolute atomic E-state index is 14.8. The van der Waals surface area contributed by atoms with Crippen LogP contribution in [-0.4, -0.2) is 50.1 Å². The molecule has 4 rings (SSSR count). The van der Waals surface area contributed by atoms with Gasteiger partial charge in [-0.1, -0.05) is 12.8 Å². The van der Waals surface area contributed by atoms with E-state index in [4.69, 9.17) is 4.74 Å². The van der Waals surface area contributed by atoms with E-state index < -0.39 is 0 Å². The molecule has 2 aliphatic rings. The van der Waals surface area contributed by atoms with Crippen molar-refractivity contribution in [2.45, 2.75) is 57.1 Å². The number of amides is 1. The molecule has 1 heterocycles. The Labute approximate surface area is 190 Å². The van der Waals surface area contributed by atoms with Crippen LogP contribution in [0.5, 0.6) is 5.75 Å². The highest BCUT2D eigenvalue weighted by Gasteiger charge is 2.26. The molecule has 0 bridgehead atoms. The highest BCUT2D eigenvalue weighted by atomic mass is 19.1. The van der Waals surface area contributed by atoms with E-state index in [9.17, 15) is 9.18 Å². The topological polar surface area (TPSA) is 44.8 Å². The molecule has 2 aromatic carbocycles. The third kappa shape index (κ3) is 5.60. The molecule has 0 unspecified atom stereocenters. The highest BCUT2D eigenvalue weighted by Crippen LogP contribution is 2.28. The average Bonchev–Trinajstić information content (AvgIpc) is 3.13. The zero-order chi connectivity index (χ0) is 22.5. The Hall–Kier alpha value is -2.60. The van der Waals surface area contributed by atoms with Crippen LogP contribution in [0.3, 0.4) is 0 Å². The third-order valence-corrected chi connectivity index (χ3v) is 6.66. The molecule has 1 aliphatic carbocycles. The van der Waals surface area contributed by atoms with Gasteiger partial charge in [-0.15, -0.1) is 0 Å². The van der Waals surface area contributed by atoms with Crippen molar-refractivity contribution in [3.05, 3.63) is 53.8 Å². The highest BCUT2D eigenvalue weighted by molar-refractivity contribution is 6.04. The maximum Gasteiger partial charge on any atom is 0.255 e. The minimum atomic E-state index is -0.311. The fourth-order valence-corrected chi connectivity index (χ4v) is 4.66. The van der Waals surface area contributed by atoms with E-state index in [1.807, 2.05) is 12.1 Å². The largest absolute Gasteiger partial charge is 0.490 e. The van der Waals surface area contributed by atoms with E-state index >= 15 is 0 Å². The van der Waals surface area contributed by atoms with Crippen molar-refractivity contribution >= 4 is 17.3 Å². The second-order valence-corrected chi connectivity index (χ2v) is 9.23. The predicted octanol–water partition coefficient (Wildman–Crippen LogP) is 5.32. The predicted molar refractivity (Wildman–Crippen MR) is 127 cm³/mol. The number of carbonyl (C=O) groups is 1. The molecule has 1 N–H and O–H groups in total. The van der Waals surface area contributed by atoms with Gasteiger partial charge in [-0.25, -0.2) is 4.39 Å². The summed E-state index contributed by atoms with van der Waals surface area (Å²) in [4.78, 5) is 16.9. The molecule has 1 aliphatic heterocycles. The number of hydrogen-bond acceptors (Lipinski definition) is 4. The van der Waals surface area contributed by atoms with Gasteiger partial charge in [0.25, 0.3) is 5.91 Å². The van der Waals surface area contributed by atoms with E-state index in [0.717, 1.165) is 38.1 Å². The standard InChI is InChI=1S/C26H34FN3O2/c1-29(2)21-15-16-30(18-21)25-14-11-20(17-24(25)27)28-26(31)19-9-12-23(13-10-19)32-22-7-5-3-4-6-8-22/h9-14,17,21-22H,3-8,15-16,18H2,1-2H3,(H,28,31)/t21-/m1/s1. The van der Waals surface area contributed by atoms with Crippen molar-refractivity contribution in [2.24, 2.45) is 0 Å². The van der Waals surface area contributed by atoms with Crippen LogP contribution >= 0.6 is 0 Å². The summed E-state index contributed by atoms with van der Waals surface area (Å²) in [6, 6.07) is 12.6. The van der Waals surface area contributed by atoms with Crippen LogP contribution in [0, 0.1) is 5.82 Å². The Balaban J connectivity index is 1.34. The summed E-state index contributed by atoms with van der Waals surface area (Å²) in [5, 5.41) is 2.81. The summed E-state index contributed by atoms with van der Waals surface area (Å²) in [6.45, 7) is 1.64. The van der Waals surface area contributed by atoms with Gasteiger partial charge in [0.2, 0.25) is 0 Å². The number of hydrogen-bond donors (Lipinski definition) is 1. The maximum atomic E-state index is 14.8. The molecule has 2 aromatic rings. The van der Waals surface area contributed by atoms with Gasteiger partial charge in [0.05, 0.1) is 11.8 Å². The van der Waals surface area contributed by atoms with E-state index in [-0.39, 0.29) is 17.8 Å². The summed E-state index contributed by atoms with van der Waals surface area (Å²) in [5.41, 5.74) is 1.57. The van der Waals surface area contributed by atoms with Gasteiger partial charge < -0.3 is 19.9 Å². The quantitative estimate of drug-likeness (QED) is 0.619. The minimum absolute atomic E-state index is 0.257. The average molecular weight is 440 g/mol. The monoisotopic (exact) mass is 439 g/mol. The van der Waals surface area contributed by atoms with Gasteiger partial charge in [-0.3, -0.25) is 4.79 Å². The lowest BCUT2D eigenvalue weighted by Gasteiger charge is -2.22. The molecule has 32 heavy (non-hydrogen) atoms. The lowest BCUT2D eigenvalue weighted by molar-refractivity contribution is 0.102. The SMILES string of the molecule is CN(C)[C@@H]1CCN(c2ccc(NC(=O)c3ccc(OC4CCCCCC4)cc3)cc2F)C1. The smallest absolute Gasteiger partial charge is 0.255 e.